The second kappa shape index (κ2) is 8.28. The van der Waals surface area contributed by atoms with Crippen LogP contribution in [-0.2, 0) is 9.53 Å². The molecule has 0 radical (unpaired) electrons. The minimum absolute atomic E-state index is 0.209. The Morgan fingerprint density at radius 3 is 2.48 bits per heavy atom. The zero-order chi connectivity index (χ0) is 15.8. The third-order valence-electron chi connectivity index (χ3n) is 2.17. The zero-order valence-electron chi connectivity index (χ0n) is 11.0. The summed E-state index contributed by atoms with van der Waals surface area (Å²) in [7, 11) is 0. The molecule has 0 atom stereocenters. The molecule has 1 aromatic carbocycles. The number of esters is 1. The predicted octanol–water partition coefficient (Wildman–Crippen LogP) is 3.03. The number of hydrogen-bond donors (Lipinski definition) is 2. The van der Waals surface area contributed by atoms with Crippen molar-refractivity contribution in [1.82, 2.24) is 0 Å². The summed E-state index contributed by atoms with van der Waals surface area (Å²) < 4.78 is 4.85. The van der Waals surface area contributed by atoms with Crippen LogP contribution in [0.1, 0.15) is 17.3 Å². The van der Waals surface area contributed by atoms with E-state index in [2.05, 4.69) is 10.5 Å². The van der Waals surface area contributed by atoms with E-state index < -0.39 is 17.0 Å². The van der Waals surface area contributed by atoms with Gasteiger partial charge in [-0.3, -0.25) is 5.43 Å². The Kier molecular flexibility index (Phi) is 6.71. The lowest BCUT2D eigenvalue weighted by Gasteiger charge is -2.03. The van der Waals surface area contributed by atoms with E-state index in [0.717, 1.165) is 6.21 Å². The van der Waals surface area contributed by atoms with E-state index in [9.17, 15) is 9.59 Å². The molecule has 1 rings (SSSR count). The van der Waals surface area contributed by atoms with Gasteiger partial charge in [0.15, 0.2) is 0 Å². The van der Waals surface area contributed by atoms with Crippen LogP contribution in [-0.4, -0.2) is 29.9 Å². The van der Waals surface area contributed by atoms with Crippen LogP contribution in [0.2, 0.25) is 0 Å². The van der Waals surface area contributed by atoms with Gasteiger partial charge in [-0.05, 0) is 31.2 Å². The molecular weight excluding hydrogens is 319 g/mol. The van der Waals surface area contributed by atoms with Gasteiger partial charge in [-0.2, -0.15) is 5.10 Å². The summed E-state index contributed by atoms with van der Waals surface area (Å²) in [4.78, 5) is 22.0. The monoisotopic (exact) mass is 330 g/mol. The third kappa shape index (κ3) is 5.45. The van der Waals surface area contributed by atoms with Crippen molar-refractivity contribution >= 4 is 47.0 Å². The molecule has 0 spiro atoms. The van der Waals surface area contributed by atoms with Gasteiger partial charge >= 0.3 is 11.9 Å². The average Bonchev–Trinajstić information content (AvgIpc) is 2.47. The maximum atomic E-state index is 11.4. The van der Waals surface area contributed by atoms with Crippen molar-refractivity contribution in [2.24, 2.45) is 5.10 Å². The number of anilines is 1. The first-order chi connectivity index (χ1) is 9.95. The molecule has 0 aliphatic heterocycles. The van der Waals surface area contributed by atoms with Gasteiger partial charge in [0.2, 0.25) is 0 Å². The van der Waals surface area contributed by atoms with Crippen molar-refractivity contribution in [2.75, 3.05) is 12.0 Å². The molecule has 0 amide bonds. The molecule has 0 aliphatic rings. The van der Waals surface area contributed by atoms with E-state index in [1.807, 2.05) is 0 Å². The molecule has 2 N–H and O–H groups in total. The van der Waals surface area contributed by atoms with Crippen molar-refractivity contribution in [3.63, 3.8) is 0 Å². The van der Waals surface area contributed by atoms with E-state index in [1.54, 1.807) is 31.2 Å². The number of nitrogens with one attached hydrogen (secondary N) is 1. The van der Waals surface area contributed by atoms with Crippen molar-refractivity contribution in [2.45, 2.75) is 6.92 Å². The highest BCUT2D eigenvalue weighted by Crippen LogP contribution is 2.13. The lowest BCUT2D eigenvalue weighted by molar-refractivity contribution is -0.131. The number of carboxylic acid groups (broad SMARTS) is 1. The van der Waals surface area contributed by atoms with E-state index in [-0.39, 0.29) is 5.03 Å². The number of benzene rings is 1. The van der Waals surface area contributed by atoms with Crippen molar-refractivity contribution in [3.8, 4) is 0 Å². The summed E-state index contributed by atoms with van der Waals surface area (Å²) in [5.74, 6) is -1.75. The van der Waals surface area contributed by atoms with Gasteiger partial charge in [-0.1, -0.05) is 23.2 Å². The SMILES string of the molecule is CCOC(=O)c1ccc(N/N=C/C(Cl)=C(\Cl)C(=O)O)cc1. The van der Waals surface area contributed by atoms with Gasteiger partial charge in [-0.25, -0.2) is 9.59 Å². The van der Waals surface area contributed by atoms with Gasteiger partial charge in [0.05, 0.1) is 29.1 Å². The number of carboxylic acids is 1. The highest BCUT2D eigenvalue weighted by molar-refractivity contribution is 6.51. The van der Waals surface area contributed by atoms with Gasteiger partial charge in [0.1, 0.15) is 5.03 Å². The molecule has 0 fully saturated rings. The minimum Gasteiger partial charge on any atom is -0.477 e. The number of carbonyl (C=O) groups excluding carboxylic acids is 1. The minimum atomic E-state index is -1.34. The summed E-state index contributed by atoms with van der Waals surface area (Å²) in [6.07, 6.45) is 1.07. The fraction of sp³-hybridized carbons (Fsp3) is 0.154. The molecule has 6 nitrogen and oxygen atoms in total. The standard InChI is InChI=1S/C13H12Cl2N2O4/c1-2-21-13(20)8-3-5-9(6-4-8)17-16-7-10(14)11(15)12(18)19/h3-7,17H,2H2,1H3,(H,18,19)/b11-10+,16-7+. The molecule has 0 aromatic heterocycles. The van der Waals surface area contributed by atoms with Crippen LogP contribution in [0.3, 0.4) is 0 Å². The number of nitrogens with zero attached hydrogens (tertiary/aromatic N) is 1. The van der Waals surface area contributed by atoms with Crippen LogP contribution in [0.15, 0.2) is 39.4 Å². The quantitative estimate of drug-likeness (QED) is 0.362. The van der Waals surface area contributed by atoms with Gasteiger partial charge < -0.3 is 9.84 Å². The summed E-state index contributed by atoms with van der Waals surface area (Å²) in [6.45, 7) is 2.03. The molecule has 112 valence electrons. The number of aliphatic carboxylic acids is 1. The molecular formula is C13H12Cl2N2O4. The van der Waals surface area contributed by atoms with Crippen molar-refractivity contribution in [3.05, 3.63) is 39.9 Å². The second-order valence-corrected chi connectivity index (χ2v) is 4.42. The number of halogens is 2. The number of carbonyl (C=O) groups is 2. The topological polar surface area (TPSA) is 88.0 Å². The van der Waals surface area contributed by atoms with Crippen LogP contribution in [0.5, 0.6) is 0 Å². The Morgan fingerprint density at radius 2 is 1.95 bits per heavy atom. The largest absolute Gasteiger partial charge is 0.477 e. The van der Waals surface area contributed by atoms with Gasteiger partial charge in [-0.15, -0.1) is 0 Å². The third-order valence-corrected chi connectivity index (χ3v) is 2.91. The molecule has 0 saturated heterocycles. The molecule has 0 unspecified atom stereocenters. The summed E-state index contributed by atoms with van der Waals surface area (Å²) in [5.41, 5.74) is 3.61. The van der Waals surface area contributed by atoms with E-state index >= 15 is 0 Å². The lowest BCUT2D eigenvalue weighted by Crippen LogP contribution is -2.04. The Hall–Kier alpha value is -2.05. The smallest absolute Gasteiger partial charge is 0.348 e. The fourth-order valence-electron chi connectivity index (χ4n) is 1.22. The molecule has 0 bridgehead atoms. The van der Waals surface area contributed by atoms with Crippen LogP contribution < -0.4 is 5.43 Å². The maximum Gasteiger partial charge on any atom is 0.348 e. The van der Waals surface area contributed by atoms with E-state index in [1.165, 1.54) is 0 Å². The van der Waals surface area contributed by atoms with Crippen LogP contribution >= 0.6 is 23.2 Å². The number of hydrazone groups is 1. The van der Waals surface area contributed by atoms with Gasteiger partial charge in [0, 0.05) is 0 Å². The number of rotatable bonds is 6. The summed E-state index contributed by atoms with van der Waals surface area (Å²) in [6, 6.07) is 6.36. The Labute approximate surface area is 131 Å². The highest BCUT2D eigenvalue weighted by atomic mass is 35.5. The summed E-state index contributed by atoms with van der Waals surface area (Å²) >= 11 is 11.0. The van der Waals surface area contributed by atoms with Crippen LogP contribution in [0.25, 0.3) is 0 Å². The highest BCUT2D eigenvalue weighted by Gasteiger charge is 2.08. The number of hydrogen-bond acceptors (Lipinski definition) is 5. The molecule has 0 aliphatic carbocycles. The second-order valence-electron chi connectivity index (χ2n) is 3.63. The average molecular weight is 331 g/mol. The first-order valence-corrected chi connectivity index (χ1v) is 6.56. The number of ether oxygens (including phenoxy) is 1. The zero-order valence-corrected chi connectivity index (χ0v) is 12.5. The van der Waals surface area contributed by atoms with E-state index in [4.69, 9.17) is 33.0 Å². The van der Waals surface area contributed by atoms with Crippen molar-refractivity contribution in [1.29, 1.82) is 0 Å². The Bertz CT molecular complexity index is 582. The van der Waals surface area contributed by atoms with Crippen LogP contribution in [0.4, 0.5) is 5.69 Å². The molecule has 0 heterocycles. The van der Waals surface area contributed by atoms with Gasteiger partial charge in [0.25, 0.3) is 0 Å². The van der Waals surface area contributed by atoms with Crippen molar-refractivity contribution < 1.29 is 19.4 Å². The molecule has 8 heteroatoms. The first kappa shape index (κ1) is 17.0. The normalized spacial score (nSPS) is 12.0. The fourth-order valence-corrected chi connectivity index (χ4v) is 1.40. The molecule has 21 heavy (non-hydrogen) atoms. The van der Waals surface area contributed by atoms with Crippen LogP contribution in [0, 0.1) is 0 Å². The Morgan fingerprint density at radius 1 is 1.33 bits per heavy atom. The molecule has 0 saturated carbocycles. The lowest BCUT2D eigenvalue weighted by atomic mass is 10.2. The molecule has 1 aromatic rings. The first-order valence-electron chi connectivity index (χ1n) is 5.80. The maximum absolute atomic E-state index is 11.4. The Balaban J connectivity index is 2.67. The summed E-state index contributed by atoms with van der Waals surface area (Å²) in [5, 5.41) is 11.6. The van der Waals surface area contributed by atoms with E-state index in [0.29, 0.717) is 17.9 Å². The number of allylic oxidation sites excluding steroid dienone is 1. The predicted molar refractivity (Wildman–Crippen MR) is 80.9 cm³/mol.